The van der Waals surface area contributed by atoms with Crippen molar-refractivity contribution >= 4 is 11.9 Å². The Morgan fingerprint density at radius 3 is 1.93 bits per heavy atom. The normalized spacial score (nSPS) is 10.6. The Bertz CT molecular complexity index is 888. The molecule has 0 aliphatic heterocycles. The minimum Gasteiger partial charge on any atom is -0.456 e. The van der Waals surface area contributed by atoms with Gasteiger partial charge >= 0.3 is 5.97 Å². The Hall–Kier alpha value is -3.47. The summed E-state index contributed by atoms with van der Waals surface area (Å²) in [6, 6.07) is 25.3. The van der Waals surface area contributed by atoms with Crippen molar-refractivity contribution in [1.82, 2.24) is 5.32 Å². The van der Waals surface area contributed by atoms with E-state index in [1.165, 1.54) is 12.1 Å². The molecule has 0 heterocycles. The van der Waals surface area contributed by atoms with Crippen molar-refractivity contribution in [3.05, 3.63) is 107 Å². The molecule has 0 aliphatic rings. The molecular weight excluding hydrogens is 369 g/mol. The number of benzene rings is 3. The molecule has 0 radical (unpaired) electrons. The zero-order valence-corrected chi connectivity index (χ0v) is 15.9. The molecule has 0 spiro atoms. The average molecular weight is 391 g/mol. The van der Waals surface area contributed by atoms with Crippen LogP contribution in [0.4, 0.5) is 4.39 Å². The predicted molar refractivity (Wildman–Crippen MR) is 109 cm³/mol. The second-order valence-corrected chi connectivity index (χ2v) is 6.64. The molecule has 148 valence electrons. The largest absolute Gasteiger partial charge is 0.456 e. The summed E-state index contributed by atoms with van der Waals surface area (Å²) < 4.78 is 18.1. The summed E-state index contributed by atoms with van der Waals surface area (Å²) >= 11 is 0. The molecule has 0 saturated carbocycles. The summed E-state index contributed by atoms with van der Waals surface area (Å²) in [5.41, 5.74) is 2.78. The lowest BCUT2D eigenvalue weighted by molar-refractivity contribution is -0.148. The van der Waals surface area contributed by atoms with Gasteiger partial charge < -0.3 is 10.1 Å². The van der Waals surface area contributed by atoms with Gasteiger partial charge in [0.15, 0.2) is 6.61 Å². The molecule has 0 aromatic heterocycles. The summed E-state index contributed by atoms with van der Waals surface area (Å²) in [6.45, 7) is -0.107. The van der Waals surface area contributed by atoms with Crippen molar-refractivity contribution in [1.29, 1.82) is 0 Å². The maximum atomic E-state index is 12.9. The first-order valence-electron chi connectivity index (χ1n) is 9.38. The van der Waals surface area contributed by atoms with Gasteiger partial charge in [-0.15, -0.1) is 0 Å². The van der Waals surface area contributed by atoms with Crippen LogP contribution in [0.2, 0.25) is 0 Å². The first-order chi connectivity index (χ1) is 14.1. The van der Waals surface area contributed by atoms with E-state index in [-0.39, 0.29) is 31.3 Å². The number of esters is 1. The molecule has 0 bridgehead atoms. The SMILES string of the molecule is O=C(COC(=O)CC(c1ccccc1)c1ccccc1)NCc1ccc(F)cc1. The third-order valence-electron chi connectivity index (χ3n) is 4.54. The van der Waals surface area contributed by atoms with Crippen LogP contribution in [-0.2, 0) is 20.9 Å². The number of ether oxygens (including phenoxy) is 1. The van der Waals surface area contributed by atoms with Gasteiger partial charge in [0.2, 0.25) is 0 Å². The molecule has 0 unspecified atom stereocenters. The molecule has 0 aliphatic carbocycles. The summed E-state index contributed by atoms with van der Waals surface area (Å²) in [4.78, 5) is 24.3. The standard InChI is InChI=1S/C24H22FNO3/c25-21-13-11-18(12-14-21)16-26-23(27)17-29-24(28)15-22(19-7-3-1-4-8-19)20-9-5-2-6-10-20/h1-14,22H,15-17H2,(H,26,27). The van der Waals surface area contributed by atoms with Crippen LogP contribution in [0.5, 0.6) is 0 Å². The Labute approximate surface area is 169 Å². The topological polar surface area (TPSA) is 55.4 Å². The molecule has 3 aromatic rings. The van der Waals surface area contributed by atoms with Crippen molar-refractivity contribution in [2.45, 2.75) is 18.9 Å². The molecule has 0 fully saturated rings. The maximum Gasteiger partial charge on any atom is 0.307 e. The monoisotopic (exact) mass is 391 g/mol. The second kappa shape index (κ2) is 10.2. The number of halogens is 1. The van der Waals surface area contributed by atoms with E-state index in [0.717, 1.165) is 16.7 Å². The Morgan fingerprint density at radius 1 is 0.828 bits per heavy atom. The Morgan fingerprint density at radius 2 is 1.38 bits per heavy atom. The number of hydrogen-bond acceptors (Lipinski definition) is 3. The van der Waals surface area contributed by atoms with Gasteiger partial charge in [-0.3, -0.25) is 9.59 Å². The quantitative estimate of drug-likeness (QED) is 0.586. The highest BCUT2D eigenvalue weighted by Crippen LogP contribution is 2.28. The van der Waals surface area contributed by atoms with Crippen LogP contribution < -0.4 is 5.32 Å². The number of amides is 1. The van der Waals surface area contributed by atoms with Crippen LogP contribution in [-0.4, -0.2) is 18.5 Å². The fourth-order valence-electron chi connectivity index (χ4n) is 3.02. The van der Waals surface area contributed by atoms with E-state index in [1.807, 2.05) is 60.7 Å². The molecule has 0 saturated heterocycles. The zero-order valence-electron chi connectivity index (χ0n) is 15.9. The number of carbonyl (C=O) groups is 2. The van der Waals surface area contributed by atoms with E-state index in [1.54, 1.807) is 12.1 Å². The molecule has 3 aromatic carbocycles. The number of carbonyl (C=O) groups excluding carboxylic acids is 2. The highest BCUT2D eigenvalue weighted by molar-refractivity contribution is 5.80. The van der Waals surface area contributed by atoms with Crippen LogP contribution in [0.1, 0.15) is 29.0 Å². The Balaban J connectivity index is 1.53. The lowest BCUT2D eigenvalue weighted by Gasteiger charge is -2.17. The minimum absolute atomic E-state index is 0.138. The van der Waals surface area contributed by atoms with Crippen LogP contribution >= 0.6 is 0 Å². The number of rotatable bonds is 8. The predicted octanol–water partition coefficient (Wildman–Crippen LogP) is 4.21. The van der Waals surface area contributed by atoms with E-state index >= 15 is 0 Å². The smallest absolute Gasteiger partial charge is 0.307 e. The van der Waals surface area contributed by atoms with Crippen molar-refractivity contribution < 1.29 is 18.7 Å². The van der Waals surface area contributed by atoms with Crippen LogP contribution in [0.25, 0.3) is 0 Å². The van der Waals surface area contributed by atoms with Gasteiger partial charge in [0.1, 0.15) is 5.82 Å². The maximum absolute atomic E-state index is 12.9. The third kappa shape index (κ3) is 6.28. The van der Waals surface area contributed by atoms with Gasteiger partial charge in [-0.1, -0.05) is 72.8 Å². The van der Waals surface area contributed by atoms with Gasteiger partial charge in [0.25, 0.3) is 5.91 Å². The van der Waals surface area contributed by atoms with Crippen molar-refractivity contribution in [2.24, 2.45) is 0 Å². The van der Waals surface area contributed by atoms with E-state index < -0.39 is 11.9 Å². The zero-order chi connectivity index (χ0) is 20.5. The molecular formula is C24H22FNO3. The molecule has 4 nitrogen and oxygen atoms in total. The molecule has 1 amide bonds. The number of hydrogen-bond donors (Lipinski definition) is 1. The second-order valence-electron chi connectivity index (χ2n) is 6.64. The van der Waals surface area contributed by atoms with E-state index in [9.17, 15) is 14.0 Å². The molecule has 3 rings (SSSR count). The van der Waals surface area contributed by atoms with E-state index in [0.29, 0.717) is 0 Å². The molecule has 1 N–H and O–H groups in total. The highest BCUT2D eigenvalue weighted by Gasteiger charge is 2.19. The minimum atomic E-state index is -0.445. The summed E-state index contributed by atoms with van der Waals surface area (Å²) in [5, 5.41) is 2.65. The lowest BCUT2D eigenvalue weighted by atomic mass is 9.89. The highest BCUT2D eigenvalue weighted by atomic mass is 19.1. The van der Waals surface area contributed by atoms with Crippen molar-refractivity contribution in [3.8, 4) is 0 Å². The third-order valence-corrected chi connectivity index (χ3v) is 4.54. The first kappa shape index (κ1) is 20.3. The first-order valence-corrected chi connectivity index (χ1v) is 9.38. The fraction of sp³-hybridized carbons (Fsp3) is 0.167. The van der Waals surface area contributed by atoms with Crippen LogP contribution in [0.15, 0.2) is 84.9 Å². The summed E-state index contributed by atoms with van der Waals surface area (Å²) in [7, 11) is 0. The van der Waals surface area contributed by atoms with Gasteiger partial charge in [0, 0.05) is 12.5 Å². The van der Waals surface area contributed by atoms with E-state index in [2.05, 4.69) is 5.32 Å². The fourth-order valence-corrected chi connectivity index (χ4v) is 3.02. The number of nitrogens with one attached hydrogen (secondary N) is 1. The van der Waals surface area contributed by atoms with Gasteiger partial charge in [-0.25, -0.2) is 4.39 Å². The van der Waals surface area contributed by atoms with Gasteiger partial charge in [-0.2, -0.15) is 0 Å². The van der Waals surface area contributed by atoms with Gasteiger partial charge in [-0.05, 0) is 28.8 Å². The van der Waals surface area contributed by atoms with Crippen molar-refractivity contribution in [3.63, 3.8) is 0 Å². The molecule has 0 atom stereocenters. The molecule has 5 heteroatoms. The Kier molecular flexibility index (Phi) is 7.11. The molecule has 29 heavy (non-hydrogen) atoms. The van der Waals surface area contributed by atoms with Gasteiger partial charge in [0.05, 0.1) is 6.42 Å². The summed E-state index contributed by atoms with van der Waals surface area (Å²) in [6.07, 6.45) is 0.138. The van der Waals surface area contributed by atoms with E-state index in [4.69, 9.17) is 4.74 Å². The van der Waals surface area contributed by atoms with Crippen molar-refractivity contribution in [2.75, 3.05) is 6.61 Å². The average Bonchev–Trinajstić information content (AvgIpc) is 2.77. The summed E-state index contributed by atoms with van der Waals surface area (Å²) in [5.74, 6) is -1.33. The van der Waals surface area contributed by atoms with Crippen LogP contribution in [0.3, 0.4) is 0 Å². The van der Waals surface area contributed by atoms with Crippen LogP contribution in [0, 0.1) is 5.82 Å². The lowest BCUT2D eigenvalue weighted by Crippen LogP contribution is -2.28.